The number of nitrogens with zero attached hydrogens (tertiary/aromatic N) is 1. The summed E-state index contributed by atoms with van der Waals surface area (Å²) < 4.78 is 51.0. The Bertz CT molecular complexity index is 379. The monoisotopic (exact) mass is 385 g/mol. The minimum atomic E-state index is -3.85. The predicted octanol–water partition coefficient (Wildman–Crippen LogP) is 1.06. The Morgan fingerprint density at radius 1 is 0.760 bits per heavy atom. The first-order valence-corrected chi connectivity index (χ1v) is 10.5. The molecule has 0 aromatic carbocycles. The maximum absolute atomic E-state index is 10.5. The van der Waals surface area contributed by atoms with Gasteiger partial charge in [0.2, 0.25) is 0 Å². The molecule has 0 spiro atoms. The third-order valence-corrected chi connectivity index (χ3v) is 4.08. The van der Waals surface area contributed by atoms with Crippen LogP contribution in [0.2, 0.25) is 0 Å². The maximum atomic E-state index is 10.5. The molecule has 25 heavy (non-hydrogen) atoms. The van der Waals surface area contributed by atoms with E-state index in [0.29, 0.717) is 59.1 Å². The van der Waals surface area contributed by atoms with Gasteiger partial charge in [0.25, 0.3) is 10.1 Å². The van der Waals surface area contributed by atoms with Crippen molar-refractivity contribution in [3.05, 3.63) is 0 Å². The van der Waals surface area contributed by atoms with E-state index in [9.17, 15) is 8.42 Å². The van der Waals surface area contributed by atoms with Crippen LogP contribution in [0.25, 0.3) is 0 Å². The second-order valence-electron chi connectivity index (χ2n) is 5.75. The maximum Gasteiger partial charge on any atom is 0.264 e. The van der Waals surface area contributed by atoms with Gasteiger partial charge < -0.3 is 23.8 Å². The quantitative estimate of drug-likeness (QED) is 0.261. The third kappa shape index (κ3) is 21.7. The molecule has 8 nitrogen and oxygen atoms in total. The molecule has 0 unspecified atom stereocenters. The first-order valence-electron chi connectivity index (χ1n) is 8.90. The third-order valence-electron chi connectivity index (χ3n) is 3.28. The largest absolute Gasteiger partial charge is 0.379 e. The van der Waals surface area contributed by atoms with Crippen LogP contribution in [0.4, 0.5) is 0 Å². The Morgan fingerprint density at radius 3 is 1.72 bits per heavy atom. The van der Waals surface area contributed by atoms with Crippen LogP contribution in [-0.2, 0) is 29.1 Å². The Morgan fingerprint density at radius 2 is 1.24 bits per heavy atom. The SMILES string of the molecule is CCCN(C)CCOCCOCCOCCOCCCCS(=O)(=O)O. The summed E-state index contributed by atoms with van der Waals surface area (Å²) in [6.45, 7) is 8.47. The van der Waals surface area contributed by atoms with E-state index in [1.807, 2.05) is 0 Å². The van der Waals surface area contributed by atoms with E-state index in [4.69, 9.17) is 23.5 Å². The molecule has 0 aliphatic heterocycles. The average molecular weight is 386 g/mol. The predicted molar refractivity (Wildman–Crippen MR) is 96.7 cm³/mol. The molecule has 0 fully saturated rings. The zero-order chi connectivity index (χ0) is 18.8. The molecular weight excluding hydrogens is 350 g/mol. The minimum absolute atomic E-state index is 0.219. The Kier molecular flexibility index (Phi) is 16.9. The van der Waals surface area contributed by atoms with E-state index in [1.54, 1.807) is 0 Å². The van der Waals surface area contributed by atoms with E-state index in [0.717, 1.165) is 26.1 Å². The van der Waals surface area contributed by atoms with Gasteiger partial charge in [-0.25, -0.2) is 0 Å². The highest BCUT2D eigenvalue weighted by Crippen LogP contribution is 1.94. The van der Waals surface area contributed by atoms with E-state index in [2.05, 4.69) is 18.9 Å². The molecular formula is C16H35NO7S. The van der Waals surface area contributed by atoms with Gasteiger partial charge in [-0.05, 0) is 32.9 Å². The van der Waals surface area contributed by atoms with Crippen LogP contribution in [0.3, 0.4) is 0 Å². The number of rotatable bonds is 19. The van der Waals surface area contributed by atoms with E-state index >= 15 is 0 Å². The summed E-state index contributed by atoms with van der Waals surface area (Å²) in [5.41, 5.74) is 0. The lowest BCUT2D eigenvalue weighted by Gasteiger charge is -2.15. The zero-order valence-corrected chi connectivity index (χ0v) is 16.5. The Hall–Kier alpha value is -0.290. The van der Waals surface area contributed by atoms with Crippen molar-refractivity contribution in [2.75, 3.05) is 78.7 Å². The molecule has 0 radical (unpaired) electrons. The van der Waals surface area contributed by atoms with Gasteiger partial charge in [-0.1, -0.05) is 6.92 Å². The average Bonchev–Trinajstić information content (AvgIpc) is 2.53. The van der Waals surface area contributed by atoms with E-state index in [-0.39, 0.29) is 5.75 Å². The summed E-state index contributed by atoms with van der Waals surface area (Å²) in [7, 11) is -1.77. The Labute approximate surface area is 152 Å². The van der Waals surface area contributed by atoms with Crippen LogP contribution in [0.1, 0.15) is 26.2 Å². The number of unbranched alkanes of at least 4 members (excludes halogenated alkanes) is 1. The van der Waals surface area contributed by atoms with Crippen molar-refractivity contribution >= 4 is 10.1 Å². The van der Waals surface area contributed by atoms with Crippen molar-refractivity contribution in [2.45, 2.75) is 26.2 Å². The van der Waals surface area contributed by atoms with E-state index < -0.39 is 10.1 Å². The fourth-order valence-electron chi connectivity index (χ4n) is 1.96. The summed E-state index contributed by atoms with van der Waals surface area (Å²) in [5.74, 6) is -0.219. The highest BCUT2D eigenvalue weighted by Gasteiger charge is 2.02. The van der Waals surface area contributed by atoms with Crippen molar-refractivity contribution in [1.29, 1.82) is 0 Å². The van der Waals surface area contributed by atoms with Gasteiger partial charge in [0.15, 0.2) is 0 Å². The number of ether oxygens (including phenoxy) is 4. The number of hydrogen-bond acceptors (Lipinski definition) is 7. The molecule has 0 rings (SSSR count). The molecule has 0 aliphatic carbocycles. The number of hydrogen-bond donors (Lipinski definition) is 1. The van der Waals surface area contributed by atoms with Gasteiger partial charge in [0, 0.05) is 13.2 Å². The van der Waals surface area contributed by atoms with Crippen molar-refractivity contribution in [3.63, 3.8) is 0 Å². The molecule has 0 heterocycles. The van der Waals surface area contributed by atoms with Crippen LogP contribution >= 0.6 is 0 Å². The highest BCUT2D eigenvalue weighted by atomic mass is 32.2. The van der Waals surface area contributed by atoms with Gasteiger partial charge in [-0.3, -0.25) is 4.55 Å². The van der Waals surface area contributed by atoms with Crippen LogP contribution < -0.4 is 0 Å². The summed E-state index contributed by atoms with van der Waals surface area (Å²) >= 11 is 0. The highest BCUT2D eigenvalue weighted by molar-refractivity contribution is 7.85. The lowest BCUT2D eigenvalue weighted by Crippen LogP contribution is -2.24. The fourth-order valence-corrected chi connectivity index (χ4v) is 2.53. The van der Waals surface area contributed by atoms with Gasteiger partial charge in [0.1, 0.15) is 0 Å². The molecule has 9 heteroatoms. The first kappa shape index (κ1) is 24.7. The van der Waals surface area contributed by atoms with Crippen molar-refractivity contribution in [3.8, 4) is 0 Å². The standard InChI is InChI=1S/C16H35NO7S/c1-3-6-17(2)7-9-22-11-13-24-15-14-23-12-10-21-8-4-5-16-25(18,19)20/h3-16H2,1-2H3,(H,18,19,20). The van der Waals surface area contributed by atoms with Gasteiger partial charge >= 0.3 is 0 Å². The molecule has 0 amide bonds. The molecule has 0 bridgehead atoms. The van der Waals surface area contributed by atoms with Crippen LogP contribution in [0.5, 0.6) is 0 Å². The summed E-state index contributed by atoms with van der Waals surface area (Å²) in [6, 6.07) is 0. The fraction of sp³-hybridized carbons (Fsp3) is 1.00. The molecule has 0 saturated heterocycles. The van der Waals surface area contributed by atoms with Crippen LogP contribution in [-0.4, -0.2) is 96.6 Å². The molecule has 152 valence electrons. The second kappa shape index (κ2) is 17.1. The summed E-state index contributed by atoms with van der Waals surface area (Å²) in [5, 5.41) is 0. The van der Waals surface area contributed by atoms with Gasteiger partial charge in [-0.15, -0.1) is 0 Å². The first-order chi connectivity index (χ1) is 12.0. The topological polar surface area (TPSA) is 94.5 Å². The van der Waals surface area contributed by atoms with Crippen LogP contribution in [0, 0.1) is 0 Å². The second-order valence-corrected chi connectivity index (χ2v) is 7.32. The van der Waals surface area contributed by atoms with Crippen molar-refractivity contribution in [1.82, 2.24) is 4.90 Å². The van der Waals surface area contributed by atoms with Gasteiger partial charge in [-0.2, -0.15) is 8.42 Å². The molecule has 0 atom stereocenters. The normalized spacial score (nSPS) is 12.2. The molecule has 0 aromatic heterocycles. The van der Waals surface area contributed by atoms with E-state index in [1.165, 1.54) is 0 Å². The molecule has 0 aliphatic rings. The summed E-state index contributed by atoms with van der Waals surface area (Å²) in [4.78, 5) is 2.24. The smallest absolute Gasteiger partial charge is 0.264 e. The lowest BCUT2D eigenvalue weighted by atomic mass is 10.4. The van der Waals surface area contributed by atoms with Crippen molar-refractivity contribution in [2.24, 2.45) is 0 Å². The zero-order valence-electron chi connectivity index (χ0n) is 15.7. The van der Waals surface area contributed by atoms with Crippen molar-refractivity contribution < 1.29 is 31.9 Å². The lowest BCUT2D eigenvalue weighted by molar-refractivity contribution is -0.00354. The Balaban J connectivity index is 3.10. The molecule has 1 N–H and O–H groups in total. The van der Waals surface area contributed by atoms with Crippen LogP contribution in [0.15, 0.2) is 0 Å². The molecule has 0 saturated carbocycles. The molecule has 0 aromatic rings. The number of likely N-dealkylation sites (N-methyl/N-ethyl adjacent to an activating group) is 1. The summed E-state index contributed by atoms with van der Waals surface area (Å²) in [6.07, 6.45) is 2.14. The minimum Gasteiger partial charge on any atom is -0.379 e. The van der Waals surface area contributed by atoms with Gasteiger partial charge in [0.05, 0.1) is 52.0 Å².